The summed E-state index contributed by atoms with van der Waals surface area (Å²) in [6.45, 7) is 3.89. The number of rotatable bonds is 4. The van der Waals surface area contributed by atoms with Crippen LogP contribution in [0.4, 0.5) is 0 Å². The minimum Gasteiger partial charge on any atom is -0.414 e. The van der Waals surface area contributed by atoms with Gasteiger partial charge in [0, 0.05) is 5.75 Å². The van der Waals surface area contributed by atoms with E-state index >= 15 is 0 Å². The minimum atomic E-state index is -0.212. The third kappa shape index (κ3) is 4.01. The van der Waals surface area contributed by atoms with Crippen molar-refractivity contribution in [1.82, 2.24) is 10.2 Å². The highest BCUT2D eigenvalue weighted by Crippen LogP contribution is 2.22. The van der Waals surface area contributed by atoms with Crippen molar-refractivity contribution in [3.05, 3.63) is 41.3 Å². The van der Waals surface area contributed by atoms with E-state index in [1.165, 1.54) is 22.9 Å². The van der Waals surface area contributed by atoms with Gasteiger partial charge in [0.1, 0.15) is 0 Å². The van der Waals surface area contributed by atoms with Gasteiger partial charge in [-0.3, -0.25) is 0 Å². The Bertz CT molecular complexity index is 484. The maximum absolute atomic E-state index is 5.65. The quantitative estimate of drug-likeness (QED) is 0.875. The van der Waals surface area contributed by atoms with Crippen LogP contribution >= 0.6 is 24.2 Å². The lowest BCUT2D eigenvalue weighted by atomic mass is 10.2. The van der Waals surface area contributed by atoms with E-state index in [9.17, 15) is 0 Å². The number of aryl methyl sites for hydroxylation is 1. The number of aromatic nitrogens is 2. The topological polar surface area (TPSA) is 64.9 Å². The molecule has 1 aromatic heterocycles. The summed E-state index contributed by atoms with van der Waals surface area (Å²) >= 11 is 1.52. The molecule has 0 spiro atoms. The van der Waals surface area contributed by atoms with Gasteiger partial charge < -0.3 is 10.2 Å². The van der Waals surface area contributed by atoms with Crippen LogP contribution in [-0.4, -0.2) is 10.2 Å². The van der Waals surface area contributed by atoms with Crippen molar-refractivity contribution in [3.8, 4) is 0 Å². The van der Waals surface area contributed by atoms with Crippen LogP contribution in [0.15, 0.2) is 33.9 Å². The normalized spacial score (nSPS) is 11.9. The average molecular weight is 286 g/mol. The first-order chi connectivity index (χ1) is 8.15. The molecule has 1 aromatic carbocycles. The Kier molecular flexibility index (Phi) is 5.65. The molecule has 6 heteroatoms. The fourth-order valence-electron chi connectivity index (χ4n) is 1.29. The lowest BCUT2D eigenvalue weighted by Gasteiger charge is -1.99. The molecule has 1 unspecified atom stereocenters. The summed E-state index contributed by atoms with van der Waals surface area (Å²) in [7, 11) is 0. The molecule has 98 valence electrons. The van der Waals surface area contributed by atoms with Crippen molar-refractivity contribution in [1.29, 1.82) is 0 Å². The van der Waals surface area contributed by atoms with Crippen LogP contribution in [0, 0.1) is 6.92 Å². The smallest absolute Gasteiger partial charge is 0.276 e. The SMILES string of the molecule is Cc1ccc(CSc2nnc(C(C)N)o2)cc1.Cl. The molecule has 0 radical (unpaired) electrons. The summed E-state index contributed by atoms with van der Waals surface area (Å²) in [5.74, 6) is 1.30. The van der Waals surface area contributed by atoms with Crippen LogP contribution in [0.3, 0.4) is 0 Å². The summed E-state index contributed by atoms with van der Waals surface area (Å²) in [6, 6.07) is 8.18. The fraction of sp³-hybridized carbons (Fsp3) is 0.333. The molecule has 2 rings (SSSR count). The van der Waals surface area contributed by atoms with E-state index in [0.29, 0.717) is 11.1 Å². The summed E-state index contributed by atoms with van der Waals surface area (Å²) in [5, 5.41) is 8.38. The van der Waals surface area contributed by atoms with Gasteiger partial charge in [-0.25, -0.2) is 0 Å². The Morgan fingerprint density at radius 2 is 1.94 bits per heavy atom. The van der Waals surface area contributed by atoms with Gasteiger partial charge in [0.05, 0.1) is 6.04 Å². The van der Waals surface area contributed by atoms with Gasteiger partial charge in [0.2, 0.25) is 5.89 Å². The zero-order valence-electron chi connectivity index (χ0n) is 10.3. The van der Waals surface area contributed by atoms with Crippen LogP contribution in [0.25, 0.3) is 0 Å². The molecule has 0 aliphatic rings. The van der Waals surface area contributed by atoms with Gasteiger partial charge in [-0.2, -0.15) is 0 Å². The first-order valence-electron chi connectivity index (χ1n) is 5.42. The van der Waals surface area contributed by atoms with Crippen molar-refractivity contribution >= 4 is 24.2 Å². The van der Waals surface area contributed by atoms with Crippen molar-refractivity contribution in [2.24, 2.45) is 5.73 Å². The third-order valence-electron chi connectivity index (χ3n) is 2.29. The van der Waals surface area contributed by atoms with Gasteiger partial charge >= 0.3 is 0 Å². The van der Waals surface area contributed by atoms with Crippen molar-refractivity contribution in [3.63, 3.8) is 0 Å². The molecule has 0 fully saturated rings. The number of hydrogen-bond acceptors (Lipinski definition) is 5. The fourth-order valence-corrected chi connectivity index (χ4v) is 2.02. The Morgan fingerprint density at radius 3 is 2.50 bits per heavy atom. The lowest BCUT2D eigenvalue weighted by Crippen LogP contribution is -2.04. The lowest BCUT2D eigenvalue weighted by molar-refractivity contribution is 0.394. The van der Waals surface area contributed by atoms with Crippen molar-refractivity contribution in [2.75, 3.05) is 0 Å². The summed E-state index contributed by atoms with van der Waals surface area (Å²) in [4.78, 5) is 0. The minimum absolute atomic E-state index is 0. The number of thioether (sulfide) groups is 1. The van der Waals surface area contributed by atoms with E-state index in [2.05, 4.69) is 41.4 Å². The second kappa shape index (κ2) is 6.78. The number of benzene rings is 1. The molecular formula is C12H16ClN3OS. The van der Waals surface area contributed by atoms with Crippen molar-refractivity contribution in [2.45, 2.75) is 30.9 Å². The predicted octanol–water partition coefficient (Wildman–Crippen LogP) is 3.11. The molecule has 2 N–H and O–H groups in total. The largest absolute Gasteiger partial charge is 0.414 e. The van der Waals surface area contributed by atoms with E-state index in [-0.39, 0.29) is 18.4 Å². The Labute approximate surface area is 117 Å². The zero-order valence-corrected chi connectivity index (χ0v) is 11.9. The van der Waals surface area contributed by atoms with E-state index in [1.54, 1.807) is 0 Å². The zero-order chi connectivity index (χ0) is 12.3. The third-order valence-corrected chi connectivity index (χ3v) is 3.18. The Balaban J connectivity index is 0.00000162. The summed E-state index contributed by atoms with van der Waals surface area (Å²) < 4.78 is 5.41. The standard InChI is InChI=1S/C12H15N3OS.ClH/c1-8-3-5-10(6-4-8)7-17-12-15-14-11(16-12)9(2)13;/h3-6,9H,7,13H2,1-2H3;1H. The van der Waals surface area contributed by atoms with Gasteiger partial charge in [-0.05, 0) is 19.4 Å². The molecule has 0 aliphatic heterocycles. The molecule has 0 saturated heterocycles. The highest BCUT2D eigenvalue weighted by atomic mass is 35.5. The molecular weight excluding hydrogens is 270 g/mol. The van der Waals surface area contributed by atoms with E-state index < -0.39 is 0 Å². The monoisotopic (exact) mass is 285 g/mol. The molecule has 18 heavy (non-hydrogen) atoms. The van der Waals surface area contributed by atoms with E-state index in [4.69, 9.17) is 10.2 Å². The molecule has 0 aliphatic carbocycles. The maximum atomic E-state index is 5.65. The predicted molar refractivity (Wildman–Crippen MR) is 74.9 cm³/mol. The molecule has 0 bridgehead atoms. The van der Waals surface area contributed by atoms with E-state index in [0.717, 1.165) is 5.75 Å². The summed E-state index contributed by atoms with van der Waals surface area (Å²) in [5.41, 5.74) is 8.14. The van der Waals surface area contributed by atoms with Crippen LogP contribution in [0.5, 0.6) is 0 Å². The van der Waals surface area contributed by atoms with Crippen molar-refractivity contribution < 1.29 is 4.42 Å². The number of hydrogen-bond donors (Lipinski definition) is 1. The van der Waals surface area contributed by atoms with Crippen LogP contribution in [0.2, 0.25) is 0 Å². The number of nitrogens with zero attached hydrogens (tertiary/aromatic N) is 2. The first kappa shape index (κ1) is 15.0. The molecule has 2 aromatic rings. The van der Waals surface area contributed by atoms with Crippen LogP contribution < -0.4 is 5.73 Å². The highest BCUT2D eigenvalue weighted by molar-refractivity contribution is 7.98. The first-order valence-corrected chi connectivity index (χ1v) is 6.41. The van der Waals surface area contributed by atoms with Gasteiger partial charge in [0.15, 0.2) is 0 Å². The highest BCUT2D eigenvalue weighted by Gasteiger charge is 2.10. The van der Waals surface area contributed by atoms with Gasteiger partial charge in [0.25, 0.3) is 5.22 Å². The summed E-state index contributed by atoms with van der Waals surface area (Å²) in [6.07, 6.45) is 0. The maximum Gasteiger partial charge on any atom is 0.276 e. The van der Waals surface area contributed by atoms with Gasteiger partial charge in [-0.15, -0.1) is 22.6 Å². The van der Waals surface area contributed by atoms with Crippen LogP contribution in [0.1, 0.15) is 30.0 Å². The number of halogens is 1. The van der Waals surface area contributed by atoms with Crippen LogP contribution in [-0.2, 0) is 5.75 Å². The second-order valence-corrected chi connectivity index (χ2v) is 4.90. The molecule has 4 nitrogen and oxygen atoms in total. The molecule has 0 saturated carbocycles. The molecule has 0 amide bonds. The molecule has 1 atom stereocenters. The average Bonchev–Trinajstić information content (AvgIpc) is 2.77. The van der Waals surface area contributed by atoms with Gasteiger partial charge in [-0.1, -0.05) is 41.6 Å². The van der Waals surface area contributed by atoms with E-state index in [1.807, 2.05) is 6.92 Å². The molecule has 1 heterocycles. The second-order valence-electron chi connectivity index (χ2n) is 3.97. The Hall–Kier alpha value is -1.04. The number of nitrogens with two attached hydrogens (primary N) is 1. The Morgan fingerprint density at radius 1 is 1.28 bits per heavy atom.